The van der Waals surface area contributed by atoms with Gasteiger partial charge in [0.05, 0.1) is 15.9 Å². The van der Waals surface area contributed by atoms with Gasteiger partial charge in [0.1, 0.15) is 0 Å². The van der Waals surface area contributed by atoms with Gasteiger partial charge in [0, 0.05) is 35.3 Å². The largest absolute Gasteiger partial charge is 0.357 e. The smallest absolute Gasteiger partial charge is 0.269 e. The van der Waals surface area contributed by atoms with E-state index in [1.54, 1.807) is 36.4 Å². The van der Waals surface area contributed by atoms with Gasteiger partial charge in [0.2, 0.25) is 10.0 Å². The Bertz CT molecular complexity index is 1420. The van der Waals surface area contributed by atoms with Crippen LogP contribution in [0.2, 0.25) is 0 Å². The number of hydrogen-bond donors (Lipinski definition) is 1. The number of aromatic amines is 1. The monoisotopic (exact) mass is 447 g/mol. The van der Waals surface area contributed by atoms with E-state index in [4.69, 9.17) is 0 Å². The molecule has 1 N–H and O–H groups in total. The molecule has 2 heterocycles. The van der Waals surface area contributed by atoms with Crippen LogP contribution in [0.5, 0.6) is 0 Å². The van der Waals surface area contributed by atoms with Crippen molar-refractivity contribution in [3.63, 3.8) is 0 Å². The molecule has 0 amide bonds. The lowest BCUT2D eigenvalue weighted by atomic mass is 9.94. The Labute approximate surface area is 185 Å². The fourth-order valence-corrected chi connectivity index (χ4v) is 6.02. The highest BCUT2D eigenvalue weighted by Gasteiger charge is 2.39. The molecule has 3 aromatic carbocycles. The van der Waals surface area contributed by atoms with Crippen LogP contribution >= 0.6 is 0 Å². The molecule has 8 heteroatoms. The van der Waals surface area contributed by atoms with Crippen molar-refractivity contribution in [2.24, 2.45) is 0 Å². The average molecular weight is 448 g/mol. The number of benzene rings is 3. The van der Waals surface area contributed by atoms with Crippen LogP contribution in [0, 0.1) is 17.0 Å². The van der Waals surface area contributed by atoms with Gasteiger partial charge in [-0.1, -0.05) is 48.0 Å². The lowest BCUT2D eigenvalue weighted by Gasteiger charge is -2.35. The summed E-state index contributed by atoms with van der Waals surface area (Å²) < 4.78 is 28.9. The van der Waals surface area contributed by atoms with Crippen molar-refractivity contribution in [3.05, 3.63) is 105 Å². The first kappa shape index (κ1) is 20.4. The summed E-state index contributed by atoms with van der Waals surface area (Å²) in [6.07, 6.45) is 0.577. The Morgan fingerprint density at radius 3 is 2.38 bits per heavy atom. The van der Waals surface area contributed by atoms with Gasteiger partial charge >= 0.3 is 0 Å². The number of H-pyrrole nitrogens is 1. The van der Waals surface area contributed by atoms with Crippen molar-refractivity contribution in [3.8, 4) is 0 Å². The van der Waals surface area contributed by atoms with Gasteiger partial charge in [-0.2, -0.15) is 4.31 Å². The van der Waals surface area contributed by atoms with Gasteiger partial charge in [0.25, 0.3) is 5.69 Å². The highest BCUT2D eigenvalue weighted by Crippen LogP contribution is 2.41. The fourth-order valence-electron chi connectivity index (χ4n) is 4.43. The van der Waals surface area contributed by atoms with Crippen LogP contribution in [0.25, 0.3) is 10.9 Å². The third-order valence-corrected chi connectivity index (χ3v) is 7.92. The van der Waals surface area contributed by atoms with E-state index in [2.05, 4.69) is 4.98 Å². The van der Waals surface area contributed by atoms with Gasteiger partial charge in [0.15, 0.2) is 0 Å². The zero-order chi connectivity index (χ0) is 22.5. The molecule has 0 bridgehead atoms. The van der Waals surface area contributed by atoms with E-state index in [1.807, 2.05) is 31.2 Å². The highest BCUT2D eigenvalue weighted by atomic mass is 32.2. The zero-order valence-corrected chi connectivity index (χ0v) is 18.2. The summed E-state index contributed by atoms with van der Waals surface area (Å²) in [5.41, 5.74) is 4.46. The summed E-state index contributed by atoms with van der Waals surface area (Å²) in [6, 6.07) is 20.2. The van der Waals surface area contributed by atoms with Crippen LogP contribution in [0.15, 0.2) is 77.7 Å². The number of non-ortho nitro benzene ring substituents is 1. The predicted molar refractivity (Wildman–Crippen MR) is 122 cm³/mol. The van der Waals surface area contributed by atoms with Gasteiger partial charge < -0.3 is 4.98 Å². The van der Waals surface area contributed by atoms with Gasteiger partial charge in [-0.25, -0.2) is 8.42 Å². The third-order valence-electron chi connectivity index (χ3n) is 6.04. The second-order valence-electron chi connectivity index (χ2n) is 7.99. The standard InChI is InChI=1S/C24H21N3O4S/c1-16-6-12-19(13-7-16)32(30,31)26-15-14-21-20-4-2-3-5-22(20)25-23(21)24(26)17-8-10-18(11-9-17)27(28)29/h2-13,24-25H,14-15H2,1H3. The number of rotatable bonds is 4. The topological polar surface area (TPSA) is 96.3 Å². The quantitative estimate of drug-likeness (QED) is 0.362. The molecular weight excluding hydrogens is 426 g/mol. The molecule has 0 saturated heterocycles. The highest BCUT2D eigenvalue weighted by molar-refractivity contribution is 7.89. The molecule has 0 radical (unpaired) electrons. The molecule has 1 aromatic heterocycles. The first-order chi connectivity index (χ1) is 15.4. The number of aromatic nitrogens is 1. The molecule has 1 aliphatic heterocycles. The van der Waals surface area contributed by atoms with Crippen molar-refractivity contribution in [1.82, 2.24) is 9.29 Å². The predicted octanol–water partition coefficient (Wildman–Crippen LogP) is 4.72. The van der Waals surface area contributed by atoms with Crippen LogP contribution < -0.4 is 0 Å². The molecule has 0 aliphatic carbocycles. The van der Waals surface area contributed by atoms with Crippen LogP contribution in [0.4, 0.5) is 5.69 Å². The van der Waals surface area contributed by atoms with E-state index in [0.29, 0.717) is 18.5 Å². The maximum Gasteiger partial charge on any atom is 0.269 e. The maximum absolute atomic E-state index is 13.7. The molecule has 1 atom stereocenters. The Hall–Kier alpha value is -3.49. The van der Waals surface area contributed by atoms with Crippen molar-refractivity contribution in [2.75, 3.05) is 6.54 Å². The van der Waals surface area contributed by atoms with E-state index in [9.17, 15) is 18.5 Å². The Balaban J connectivity index is 1.69. The number of nitrogens with zero attached hydrogens (tertiary/aromatic N) is 2. The van der Waals surface area contributed by atoms with Crippen LogP contribution in [-0.2, 0) is 16.4 Å². The molecule has 4 aromatic rings. The number of nitro benzene ring substituents is 1. The molecule has 0 fully saturated rings. The minimum atomic E-state index is -3.80. The average Bonchev–Trinajstić information content (AvgIpc) is 3.17. The molecule has 1 unspecified atom stereocenters. The minimum absolute atomic E-state index is 0.0330. The molecule has 32 heavy (non-hydrogen) atoms. The second-order valence-corrected chi connectivity index (χ2v) is 9.88. The first-order valence-corrected chi connectivity index (χ1v) is 11.7. The minimum Gasteiger partial charge on any atom is -0.357 e. The first-order valence-electron chi connectivity index (χ1n) is 10.3. The normalized spacial score (nSPS) is 16.7. The number of fused-ring (bicyclic) bond motifs is 3. The number of nitrogens with one attached hydrogen (secondary N) is 1. The summed E-state index contributed by atoms with van der Waals surface area (Å²) >= 11 is 0. The number of nitro groups is 1. The van der Waals surface area contributed by atoms with Crippen molar-refractivity contribution >= 4 is 26.6 Å². The Morgan fingerprint density at radius 1 is 1.00 bits per heavy atom. The van der Waals surface area contributed by atoms with Crippen LogP contribution in [0.3, 0.4) is 0 Å². The zero-order valence-electron chi connectivity index (χ0n) is 17.4. The summed E-state index contributed by atoms with van der Waals surface area (Å²) in [7, 11) is -3.80. The van der Waals surface area contributed by atoms with E-state index in [0.717, 1.165) is 27.7 Å². The lowest BCUT2D eigenvalue weighted by Crippen LogP contribution is -2.40. The maximum atomic E-state index is 13.7. The van der Waals surface area contributed by atoms with Crippen molar-refractivity contribution in [2.45, 2.75) is 24.3 Å². The van der Waals surface area contributed by atoms with E-state index in [1.165, 1.54) is 16.4 Å². The van der Waals surface area contributed by atoms with E-state index >= 15 is 0 Å². The number of sulfonamides is 1. The molecule has 0 saturated carbocycles. The molecule has 1 aliphatic rings. The number of aryl methyl sites for hydroxylation is 1. The Kier molecular flexibility index (Phi) is 4.83. The van der Waals surface area contributed by atoms with Crippen LogP contribution in [-0.4, -0.2) is 29.2 Å². The fraction of sp³-hybridized carbons (Fsp3) is 0.167. The van der Waals surface area contributed by atoms with Gasteiger partial charge in [-0.15, -0.1) is 0 Å². The second kappa shape index (κ2) is 7.58. The van der Waals surface area contributed by atoms with Crippen molar-refractivity contribution < 1.29 is 13.3 Å². The molecule has 0 spiro atoms. The van der Waals surface area contributed by atoms with Crippen molar-refractivity contribution in [1.29, 1.82) is 0 Å². The lowest BCUT2D eigenvalue weighted by molar-refractivity contribution is -0.384. The number of para-hydroxylation sites is 1. The van der Waals surface area contributed by atoms with Gasteiger partial charge in [-0.05, 0) is 42.7 Å². The SMILES string of the molecule is Cc1ccc(S(=O)(=O)N2CCc3c([nH]c4ccccc34)C2c2ccc([N+](=O)[O-])cc2)cc1. The van der Waals surface area contributed by atoms with E-state index in [-0.39, 0.29) is 10.6 Å². The summed E-state index contributed by atoms with van der Waals surface area (Å²) in [6.45, 7) is 2.22. The van der Waals surface area contributed by atoms with Crippen LogP contribution in [0.1, 0.15) is 28.4 Å². The summed E-state index contributed by atoms with van der Waals surface area (Å²) in [5, 5.41) is 12.2. The molecule has 7 nitrogen and oxygen atoms in total. The molecule has 162 valence electrons. The summed E-state index contributed by atoms with van der Waals surface area (Å²) in [5.74, 6) is 0. The summed E-state index contributed by atoms with van der Waals surface area (Å²) in [4.78, 5) is 14.3. The third kappa shape index (κ3) is 3.28. The van der Waals surface area contributed by atoms with E-state index < -0.39 is 21.0 Å². The molecule has 5 rings (SSSR count). The molecular formula is C24H21N3O4S. The Morgan fingerprint density at radius 2 is 1.69 bits per heavy atom. The number of hydrogen-bond acceptors (Lipinski definition) is 4. The van der Waals surface area contributed by atoms with Gasteiger partial charge in [-0.3, -0.25) is 10.1 Å².